The number of aliphatic hydroxyl groups is 1. The zero-order valence-corrected chi connectivity index (χ0v) is 15.8. The van der Waals surface area contributed by atoms with E-state index in [1.165, 1.54) is 78.2 Å². The van der Waals surface area contributed by atoms with Crippen molar-refractivity contribution in [3.63, 3.8) is 0 Å². The minimum Gasteiger partial charge on any atom is -0.395 e. The van der Waals surface area contributed by atoms with Crippen LogP contribution < -0.4 is 10.6 Å². The number of hydrogen-bond donors (Lipinski definition) is 3. The van der Waals surface area contributed by atoms with Crippen LogP contribution in [0.15, 0.2) is 0 Å². The van der Waals surface area contributed by atoms with E-state index in [4.69, 9.17) is 5.11 Å². The maximum atomic E-state index is 9.12. The maximum absolute atomic E-state index is 9.12. The third-order valence-electron chi connectivity index (χ3n) is 7.23. The van der Waals surface area contributed by atoms with Crippen LogP contribution in [0.2, 0.25) is 0 Å². The molecule has 4 heterocycles. The Balaban J connectivity index is 1.31. The van der Waals surface area contributed by atoms with Gasteiger partial charge in [0.05, 0.1) is 6.61 Å². The van der Waals surface area contributed by atoms with Gasteiger partial charge in [-0.3, -0.25) is 9.80 Å². The molecule has 0 aromatic carbocycles. The molecule has 25 heavy (non-hydrogen) atoms. The first-order valence-corrected chi connectivity index (χ1v) is 10.5. The van der Waals surface area contributed by atoms with Gasteiger partial charge in [0.25, 0.3) is 0 Å². The molecule has 0 saturated carbocycles. The second kappa shape index (κ2) is 8.19. The zero-order chi connectivity index (χ0) is 17.1. The molecule has 0 aromatic rings. The van der Waals surface area contributed by atoms with E-state index in [2.05, 4.69) is 25.3 Å². The molecule has 6 nitrogen and oxygen atoms in total. The van der Waals surface area contributed by atoms with Crippen molar-refractivity contribution >= 4 is 0 Å². The molecule has 4 aliphatic heterocycles. The van der Waals surface area contributed by atoms with Crippen LogP contribution in [0.1, 0.15) is 19.3 Å². The third kappa shape index (κ3) is 4.20. The Morgan fingerprint density at radius 1 is 0.960 bits per heavy atom. The molecule has 0 amide bonds. The molecular formula is C19H37N5O. The summed E-state index contributed by atoms with van der Waals surface area (Å²) in [6.45, 7) is 14.4. The Hall–Kier alpha value is -0.240. The molecule has 1 spiro atoms. The Bertz CT molecular complexity index is 420. The van der Waals surface area contributed by atoms with Crippen molar-refractivity contribution in [1.82, 2.24) is 25.3 Å². The van der Waals surface area contributed by atoms with Gasteiger partial charge in [0, 0.05) is 64.9 Å². The van der Waals surface area contributed by atoms with Crippen molar-refractivity contribution in [3.8, 4) is 0 Å². The van der Waals surface area contributed by atoms with E-state index in [-0.39, 0.29) is 0 Å². The van der Waals surface area contributed by atoms with Crippen molar-refractivity contribution in [1.29, 1.82) is 0 Å². The van der Waals surface area contributed by atoms with E-state index in [0.29, 0.717) is 12.0 Å². The molecule has 4 rings (SSSR count). The van der Waals surface area contributed by atoms with Crippen molar-refractivity contribution in [2.45, 2.75) is 25.3 Å². The van der Waals surface area contributed by atoms with Gasteiger partial charge in [-0.1, -0.05) is 0 Å². The highest BCUT2D eigenvalue weighted by Crippen LogP contribution is 2.38. The minimum atomic E-state index is 0.294. The summed E-state index contributed by atoms with van der Waals surface area (Å²) >= 11 is 0. The largest absolute Gasteiger partial charge is 0.395 e. The molecule has 4 saturated heterocycles. The van der Waals surface area contributed by atoms with E-state index < -0.39 is 0 Å². The summed E-state index contributed by atoms with van der Waals surface area (Å²) < 4.78 is 0. The lowest BCUT2D eigenvalue weighted by Gasteiger charge is -2.43. The minimum absolute atomic E-state index is 0.294. The second-order valence-electron chi connectivity index (χ2n) is 8.83. The summed E-state index contributed by atoms with van der Waals surface area (Å²) in [5, 5.41) is 16.4. The normalized spacial score (nSPS) is 38.8. The fourth-order valence-electron chi connectivity index (χ4n) is 5.60. The Labute approximate surface area is 152 Å². The van der Waals surface area contributed by atoms with Gasteiger partial charge in [0.15, 0.2) is 0 Å². The molecule has 3 unspecified atom stereocenters. The molecule has 4 aliphatic rings. The van der Waals surface area contributed by atoms with Crippen LogP contribution in [0.25, 0.3) is 0 Å². The molecule has 0 aliphatic carbocycles. The monoisotopic (exact) mass is 351 g/mol. The van der Waals surface area contributed by atoms with Crippen molar-refractivity contribution < 1.29 is 5.11 Å². The molecule has 0 aromatic heterocycles. The number of nitrogens with zero attached hydrogens (tertiary/aromatic N) is 3. The number of piperidine rings is 1. The summed E-state index contributed by atoms with van der Waals surface area (Å²) in [5.41, 5.74) is 0.581. The van der Waals surface area contributed by atoms with Gasteiger partial charge < -0.3 is 20.6 Å². The quantitative estimate of drug-likeness (QED) is 0.607. The van der Waals surface area contributed by atoms with Crippen molar-refractivity contribution in [3.05, 3.63) is 0 Å². The first-order chi connectivity index (χ1) is 12.3. The van der Waals surface area contributed by atoms with E-state index in [1.807, 2.05) is 0 Å². The number of nitrogens with one attached hydrogen (secondary N) is 2. The Morgan fingerprint density at radius 2 is 1.80 bits per heavy atom. The van der Waals surface area contributed by atoms with Crippen LogP contribution in [-0.2, 0) is 0 Å². The number of hydrogen-bond acceptors (Lipinski definition) is 6. The summed E-state index contributed by atoms with van der Waals surface area (Å²) in [4.78, 5) is 7.90. The zero-order valence-electron chi connectivity index (χ0n) is 15.8. The van der Waals surface area contributed by atoms with Crippen LogP contribution in [0, 0.1) is 11.3 Å². The van der Waals surface area contributed by atoms with Gasteiger partial charge in [-0.2, -0.15) is 0 Å². The van der Waals surface area contributed by atoms with Gasteiger partial charge in [-0.15, -0.1) is 0 Å². The maximum Gasteiger partial charge on any atom is 0.0558 e. The second-order valence-corrected chi connectivity index (χ2v) is 8.83. The van der Waals surface area contributed by atoms with Crippen molar-refractivity contribution in [2.24, 2.45) is 11.3 Å². The highest BCUT2D eigenvalue weighted by molar-refractivity contribution is 5.00. The van der Waals surface area contributed by atoms with Crippen LogP contribution in [0.5, 0.6) is 0 Å². The molecule has 6 heteroatoms. The molecule has 144 valence electrons. The third-order valence-corrected chi connectivity index (χ3v) is 7.23. The fraction of sp³-hybridized carbons (Fsp3) is 1.00. The van der Waals surface area contributed by atoms with Crippen molar-refractivity contribution in [2.75, 3.05) is 85.1 Å². The Kier molecular flexibility index (Phi) is 5.94. The molecule has 0 radical (unpaired) electrons. The number of likely N-dealkylation sites (tertiary alicyclic amines) is 1. The molecule has 4 fully saturated rings. The first-order valence-electron chi connectivity index (χ1n) is 10.5. The number of β-amino-alcohol motifs (C(OH)–C–C–N with tert-alkyl or cyclic N) is 1. The summed E-state index contributed by atoms with van der Waals surface area (Å²) in [7, 11) is 0. The first kappa shape index (κ1) is 18.1. The van der Waals surface area contributed by atoms with Crippen LogP contribution in [0.4, 0.5) is 0 Å². The molecule has 0 bridgehead atoms. The number of rotatable bonds is 5. The highest BCUT2D eigenvalue weighted by atomic mass is 16.3. The van der Waals surface area contributed by atoms with Gasteiger partial charge in [0.1, 0.15) is 0 Å². The number of piperazine rings is 1. The fourth-order valence-corrected chi connectivity index (χ4v) is 5.60. The molecule has 3 atom stereocenters. The van der Waals surface area contributed by atoms with Crippen LogP contribution in [0.3, 0.4) is 0 Å². The Morgan fingerprint density at radius 3 is 2.56 bits per heavy atom. The summed E-state index contributed by atoms with van der Waals surface area (Å²) in [6.07, 6.45) is 4.09. The number of aliphatic hydroxyl groups excluding tert-OH is 1. The average molecular weight is 352 g/mol. The standard InChI is InChI=1S/C19H37N5O/c25-12-11-22-7-9-23(10-8-22)14-17-1-4-20-13-18(17)24-6-3-19(16-24)2-5-21-15-19/h17-18,20-21,25H,1-16H2. The smallest absolute Gasteiger partial charge is 0.0558 e. The molecular weight excluding hydrogens is 314 g/mol. The van der Waals surface area contributed by atoms with E-state index in [0.717, 1.165) is 31.6 Å². The highest BCUT2D eigenvalue weighted by Gasteiger charge is 2.44. The summed E-state index contributed by atoms with van der Waals surface area (Å²) in [6, 6.07) is 0.726. The lowest BCUT2D eigenvalue weighted by molar-refractivity contribution is 0.0635. The van der Waals surface area contributed by atoms with Crippen LogP contribution in [-0.4, -0.2) is 111 Å². The van der Waals surface area contributed by atoms with Gasteiger partial charge in [0.2, 0.25) is 0 Å². The van der Waals surface area contributed by atoms with Crippen LogP contribution >= 0.6 is 0 Å². The lowest BCUT2D eigenvalue weighted by atomic mass is 9.86. The van der Waals surface area contributed by atoms with E-state index in [1.54, 1.807) is 0 Å². The SMILES string of the molecule is OCCN1CCN(CC2CCNCC2N2CCC3(CCNC3)C2)CC1. The predicted octanol–water partition coefficient (Wildman–Crippen LogP) is -0.740. The predicted molar refractivity (Wildman–Crippen MR) is 101 cm³/mol. The van der Waals surface area contributed by atoms with E-state index >= 15 is 0 Å². The average Bonchev–Trinajstić information content (AvgIpc) is 3.28. The lowest BCUT2D eigenvalue weighted by Crippen LogP contribution is -2.56. The molecule has 3 N–H and O–H groups in total. The van der Waals surface area contributed by atoms with E-state index in [9.17, 15) is 0 Å². The topological polar surface area (TPSA) is 54.0 Å². The summed E-state index contributed by atoms with van der Waals surface area (Å²) in [5.74, 6) is 0.815. The van der Waals surface area contributed by atoms with Gasteiger partial charge >= 0.3 is 0 Å². The van der Waals surface area contributed by atoms with Gasteiger partial charge in [-0.05, 0) is 50.2 Å². The van der Waals surface area contributed by atoms with Gasteiger partial charge in [-0.25, -0.2) is 0 Å².